The van der Waals surface area contributed by atoms with Crippen molar-refractivity contribution < 1.29 is 14.7 Å². The van der Waals surface area contributed by atoms with Crippen LogP contribution in [0.4, 0.5) is 0 Å². The molecule has 0 radical (unpaired) electrons. The van der Waals surface area contributed by atoms with E-state index in [0.29, 0.717) is 10.6 Å². The molecule has 14 heavy (non-hydrogen) atoms. The Morgan fingerprint density at radius 3 is 2.71 bits per heavy atom. The van der Waals surface area contributed by atoms with Crippen LogP contribution in [0.2, 0.25) is 5.02 Å². The summed E-state index contributed by atoms with van der Waals surface area (Å²) >= 11 is 5.84. The average molecular weight is 216 g/mol. The maximum absolute atomic E-state index is 10.8. The summed E-state index contributed by atoms with van der Waals surface area (Å²) in [6, 6.07) is 6.71. The Morgan fingerprint density at radius 2 is 2.21 bits per heavy atom. The molecule has 1 atom stereocenters. The fraction of sp³-hybridized carbons (Fsp3) is 0.222. The van der Waals surface area contributed by atoms with Crippen molar-refractivity contribution in [3.8, 4) is 0 Å². The quantitative estimate of drug-likeness (QED) is 0.745. The van der Waals surface area contributed by atoms with E-state index in [1.54, 1.807) is 24.3 Å². The normalized spacial score (nSPS) is 12.4. The highest BCUT2D eigenvalue weighted by atomic mass is 35.5. The molecule has 0 heterocycles. The molecule has 1 aromatic carbocycles. The smallest absolute Gasteiger partial charge is 0.313 e. The molecule has 0 fully saturated rings. The van der Waals surface area contributed by atoms with Crippen molar-refractivity contribution in [1.82, 2.24) is 0 Å². The van der Waals surface area contributed by atoms with Gasteiger partial charge in [-0.2, -0.15) is 0 Å². The predicted octanol–water partition coefficient (Wildman–Crippen LogP) is 1.40. The third-order valence-electron chi connectivity index (χ3n) is 1.84. The number of hydrogen-bond donors (Lipinski definition) is 2. The zero-order valence-electron chi connectivity index (χ0n) is 7.31. The number of aliphatic carboxylic acids is 1. The van der Waals surface area contributed by atoms with Gasteiger partial charge in [-0.15, -0.1) is 0 Å². The van der Waals surface area contributed by atoms with Gasteiger partial charge in [-0.25, -0.2) is 5.90 Å². The minimum atomic E-state index is -1.01. The van der Waals surface area contributed by atoms with E-state index in [4.69, 9.17) is 22.6 Å². The lowest BCUT2D eigenvalue weighted by Gasteiger charge is -2.12. The van der Waals surface area contributed by atoms with Crippen molar-refractivity contribution in [2.75, 3.05) is 6.61 Å². The van der Waals surface area contributed by atoms with E-state index in [0.717, 1.165) is 0 Å². The van der Waals surface area contributed by atoms with E-state index in [1.807, 2.05) is 0 Å². The number of carboxylic acids is 1. The summed E-state index contributed by atoms with van der Waals surface area (Å²) in [5.41, 5.74) is 0.507. The molecule has 0 saturated carbocycles. The molecule has 0 saturated heterocycles. The first kappa shape index (κ1) is 11.0. The number of rotatable bonds is 4. The SMILES string of the molecule is NOCC(C(=O)O)c1ccccc1Cl. The fourth-order valence-electron chi connectivity index (χ4n) is 1.15. The first-order valence-electron chi connectivity index (χ1n) is 3.95. The van der Waals surface area contributed by atoms with Crippen molar-refractivity contribution in [2.45, 2.75) is 5.92 Å². The number of benzene rings is 1. The zero-order valence-corrected chi connectivity index (χ0v) is 8.07. The molecule has 0 bridgehead atoms. The Kier molecular flexibility index (Phi) is 3.88. The van der Waals surface area contributed by atoms with Crippen LogP contribution in [-0.4, -0.2) is 17.7 Å². The van der Waals surface area contributed by atoms with Crippen LogP contribution in [-0.2, 0) is 9.63 Å². The van der Waals surface area contributed by atoms with Gasteiger partial charge in [-0.05, 0) is 11.6 Å². The average Bonchev–Trinajstić information content (AvgIpc) is 2.15. The number of halogens is 1. The van der Waals surface area contributed by atoms with Gasteiger partial charge >= 0.3 is 5.97 Å². The first-order valence-corrected chi connectivity index (χ1v) is 4.33. The molecular weight excluding hydrogens is 206 g/mol. The summed E-state index contributed by atoms with van der Waals surface area (Å²) in [5.74, 6) is 3.01. The van der Waals surface area contributed by atoms with Crippen molar-refractivity contribution >= 4 is 17.6 Å². The van der Waals surface area contributed by atoms with Crippen LogP contribution in [0, 0.1) is 0 Å². The van der Waals surface area contributed by atoms with Crippen molar-refractivity contribution in [2.24, 2.45) is 5.90 Å². The minimum absolute atomic E-state index is 0.0981. The van der Waals surface area contributed by atoms with Gasteiger partial charge in [0.1, 0.15) is 5.92 Å². The van der Waals surface area contributed by atoms with E-state index in [2.05, 4.69) is 4.84 Å². The van der Waals surface area contributed by atoms with Gasteiger partial charge in [-0.3, -0.25) is 4.79 Å². The summed E-state index contributed by atoms with van der Waals surface area (Å²) in [6.45, 7) is -0.0981. The predicted molar refractivity (Wildman–Crippen MR) is 52.0 cm³/mol. The molecule has 1 rings (SSSR count). The van der Waals surface area contributed by atoms with Gasteiger partial charge in [0.2, 0.25) is 0 Å². The standard InChI is InChI=1S/C9H10ClNO3/c10-8-4-2-1-3-6(8)7(5-14-11)9(12)13/h1-4,7H,5,11H2,(H,12,13). The van der Waals surface area contributed by atoms with Crippen molar-refractivity contribution in [1.29, 1.82) is 0 Å². The van der Waals surface area contributed by atoms with E-state index in [-0.39, 0.29) is 6.61 Å². The highest BCUT2D eigenvalue weighted by molar-refractivity contribution is 6.31. The van der Waals surface area contributed by atoms with Crippen molar-refractivity contribution in [3.05, 3.63) is 34.9 Å². The molecule has 0 aliphatic carbocycles. The number of carboxylic acid groups (broad SMARTS) is 1. The third kappa shape index (κ3) is 2.45. The topological polar surface area (TPSA) is 72.5 Å². The molecule has 3 N–H and O–H groups in total. The third-order valence-corrected chi connectivity index (χ3v) is 2.19. The van der Waals surface area contributed by atoms with E-state index in [1.165, 1.54) is 0 Å². The maximum Gasteiger partial charge on any atom is 0.313 e. The Labute approximate surface area is 86.2 Å². The highest BCUT2D eigenvalue weighted by Gasteiger charge is 2.21. The van der Waals surface area contributed by atoms with Crippen LogP contribution < -0.4 is 5.90 Å². The Morgan fingerprint density at radius 1 is 1.57 bits per heavy atom. The molecule has 0 amide bonds. The fourth-order valence-corrected chi connectivity index (χ4v) is 1.42. The van der Waals surface area contributed by atoms with Crippen LogP contribution in [0.15, 0.2) is 24.3 Å². The molecule has 76 valence electrons. The first-order chi connectivity index (χ1) is 6.66. The Bertz CT molecular complexity index is 330. The molecular formula is C9H10ClNO3. The monoisotopic (exact) mass is 215 g/mol. The Hall–Kier alpha value is -1.10. The van der Waals surface area contributed by atoms with Crippen LogP contribution in [0.5, 0.6) is 0 Å². The van der Waals surface area contributed by atoms with Crippen LogP contribution in [0.25, 0.3) is 0 Å². The maximum atomic E-state index is 10.8. The van der Waals surface area contributed by atoms with Crippen LogP contribution in [0.1, 0.15) is 11.5 Å². The number of hydrogen-bond acceptors (Lipinski definition) is 3. The van der Waals surface area contributed by atoms with Gasteiger partial charge in [0.15, 0.2) is 0 Å². The molecule has 4 nitrogen and oxygen atoms in total. The van der Waals surface area contributed by atoms with Gasteiger partial charge in [0.05, 0.1) is 6.61 Å². The van der Waals surface area contributed by atoms with Gasteiger partial charge in [-0.1, -0.05) is 29.8 Å². The molecule has 5 heteroatoms. The number of carbonyl (C=O) groups is 1. The summed E-state index contributed by atoms with van der Waals surface area (Å²) in [6.07, 6.45) is 0. The zero-order chi connectivity index (χ0) is 10.6. The lowest BCUT2D eigenvalue weighted by atomic mass is 10.0. The minimum Gasteiger partial charge on any atom is -0.481 e. The van der Waals surface area contributed by atoms with Gasteiger partial charge in [0, 0.05) is 5.02 Å². The molecule has 0 spiro atoms. The lowest BCUT2D eigenvalue weighted by Crippen LogP contribution is -2.20. The van der Waals surface area contributed by atoms with Crippen LogP contribution in [0.3, 0.4) is 0 Å². The molecule has 0 aliphatic heterocycles. The molecule has 1 aromatic rings. The van der Waals surface area contributed by atoms with Crippen molar-refractivity contribution in [3.63, 3.8) is 0 Å². The summed E-state index contributed by atoms with van der Waals surface area (Å²) < 4.78 is 0. The summed E-state index contributed by atoms with van der Waals surface area (Å²) in [7, 11) is 0. The second kappa shape index (κ2) is 4.95. The Balaban J connectivity index is 2.99. The second-order valence-corrected chi connectivity index (χ2v) is 3.15. The van der Waals surface area contributed by atoms with E-state index < -0.39 is 11.9 Å². The second-order valence-electron chi connectivity index (χ2n) is 2.75. The van der Waals surface area contributed by atoms with Gasteiger partial charge in [0.25, 0.3) is 0 Å². The lowest BCUT2D eigenvalue weighted by molar-refractivity contribution is -0.140. The molecule has 0 aromatic heterocycles. The number of nitrogens with two attached hydrogens (primary N) is 1. The highest BCUT2D eigenvalue weighted by Crippen LogP contribution is 2.24. The molecule has 0 aliphatic rings. The summed E-state index contributed by atoms with van der Waals surface area (Å²) in [4.78, 5) is 15.2. The summed E-state index contributed by atoms with van der Waals surface area (Å²) in [5, 5.41) is 9.29. The van der Waals surface area contributed by atoms with Crippen LogP contribution >= 0.6 is 11.6 Å². The van der Waals surface area contributed by atoms with Gasteiger partial charge < -0.3 is 9.94 Å². The van der Waals surface area contributed by atoms with E-state index in [9.17, 15) is 4.79 Å². The van der Waals surface area contributed by atoms with E-state index >= 15 is 0 Å². The largest absolute Gasteiger partial charge is 0.481 e. The molecule has 1 unspecified atom stereocenters.